The smallest absolute Gasteiger partial charge is 0.408 e. The first kappa shape index (κ1) is 38.8. The molecule has 0 saturated heterocycles. The van der Waals surface area contributed by atoms with Gasteiger partial charge in [-0.05, 0) is 42.9 Å². The molecule has 2 aromatic rings. The van der Waals surface area contributed by atoms with Crippen molar-refractivity contribution in [2.24, 2.45) is 11.7 Å². The van der Waals surface area contributed by atoms with E-state index in [1.807, 2.05) is 31.2 Å². The molecule has 0 aromatic heterocycles. The van der Waals surface area contributed by atoms with Gasteiger partial charge < -0.3 is 31.2 Å². The Morgan fingerprint density at radius 3 is 1.62 bits per heavy atom. The fourth-order valence-corrected chi connectivity index (χ4v) is 4.15. The van der Waals surface area contributed by atoms with E-state index in [0.717, 1.165) is 11.1 Å². The lowest BCUT2D eigenvalue weighted by atomic mass is 9.98. The van der Waals surface area contributed by atoms with E-state index in [0.29, 0.717) is 12.8 Å². The molecule has 16 heteroatoms. The van der Waals surface area contributed by atoms with Crippen LogP contribution in [0.4, 0.5) is 14.4 Å². The first-order chi connectivity index (χ1) is 23.1. The Morgan fingerprint density at radius 1 is 0.646 bits per heavy atom. The third kappa shape index (κ3) is 14.4. The summed E-state index contributed by atoms with van der Waals surface area (Å²) in [6, 6.07) is 13.8. The van der Waals surface area contributed by atoms with Crippen LogP contribution in [0.3, 0.4) is 0 Å². The van der Waals surface area contributed by atoms with Crippen LogP contribution in [0, 0.1) is 5.92 Å². The molecule has 7 amide bonds. The van der Waals surface area contributed by atoms with Crippen molar-refractivity contribution in [1.82, 2.24) is 37.7 Å². The molecule has 2 rings (SSSR count). The van der Waals surface area contributed by atoms with Crippen molar-refractivity contribution in [2.75, 3.05) is 6.54 Å². The van der Waals surface area contributed by atoms with Crippen LogP contribution in [0.15, 0.2) is 60.7 Å². The maximum Gasteiger partial charge on any atom is 0.408 e. The summed E-state index contributed by atoms with van der Waals surface area (Å²) >= 11 is 0. The number of amides is 7. The molecule has 0 aliphatic heterocycles. The van der Waals surface area contributed by atoms with Gasteiger partial charge in [0, 0.05) is 0 Å². The number of hydrogen-bond donors (Lipinski definition) is 8. The SMILES string of the molecule is CCC(NC(=O)OCc1ccccc1)C(=O)NNC(=O)NNC(=O)C(CCCN)NC(=O)C(NC(=O)OCc1ccccc1)C(C)CC. The Kier molecular flexibility index (Phi) is 17.3. The van der Waals surface area contributed by atoms with Gasteiger partial charge in [0.15, 0.2) is 0 Å². The van der Waals surface area contributed by atoms with Crippen LogP contribution in [0.25, 0.3) is 0 Å². The Balaban J connectivity index is 1.86. The minimum Gasteiger partial charge on any atom is -0.445 e. The van der Waals surface area contributed by atoms with E-state index < -0.39 is 54.1 Å². The zero-order chi connectivity index (χ0) is 35.3. The fourth-order valence-electron chi connectivity index (χ4n) is 4.15. The lowest BCUT2D eigenvalue weighted by molar-refractivity contribution is -0.131. The Labute approximate surface area is 279 Å². The van der Waals surface area contributed by atoms with Crippen LogP contribution < -0.4 is 43.4 Å². The van der Waals surface area contributed by atoms with Gasteiger partial charge in [-0.25, -0.2) is 25.2 Å². The van der Waals surface area contributed by atoms with Gasteiger partial charge in [-0.15, -0.1) is 0 Å². The molecule has 9 N–H and O–H groups in total. The van der Waals surface area contributed by atoms with Gasteiger partial charge >= 0.3 is 18.2 Å². The number of carbonyl (C=O) groups is 6. The summed E-state index contributed by atoms with van der Waals surface area (Å²) in [5, 5.41) is 7.59. The highest BCUT2D eigenvalue weighted by molar-refractivity contribution is 5.92. The number of rotatable bonds is 16. The Hall–Kier alpha value is -5.38. The lowest BCUT2D eigenvalue weighted by Crippen LogP contribution is -2.60. The van der Waals surface area contributed by atoms with Gasteiger partial charge in [0.1, 0.15) is 31.3 Å². The number of alkyl carbamates (subject to hydrolysis) is 2. The van der Waals surface area contributed by atoms with Gasteiger partial charge in [-0.3, -0.25) is 25.2 Å². The van der Waals surface area contributed by atoms with Crippen molar-refractivity contribution in [1.29, 1.82) is 0 Å². The summed E-state index contributed by atoms with van der Waals surface area (Å²) in [5.74, 6) is -2.46. The quantitative estimate of drug-likeness (QED) is 0.121. The summed E-state index contributed by atoms with van der Waals surface area (Å²) in [6.07, 6.45) is -0.408. The molecule has 0 bridgehead atoms. The third-order valence-corrected chi connectivity index (χ3v) is 7.14. The average Bonchev–Trinajstić information content (AvgIpc) is 3.11. The van der Waals surface area contributed by atoms with E-state index in [1.165, 1.54) is 0 Å². The summed E-state index contributed by atoms with van der Waals surface area (Å²) < 4.78 is 10.4. The van der Waals surface area contributed by atoms with E-state index in [4.69, 9.17) is 15.2 Å². The standard InChI is InChI=1S/C32H46N8O8/c1-4-21(3)26(36-32(46)48-20-23-15-10-7-11-16-23)29(43)34-25(17-12-18-33)28(42)38-40-30(44)39-37-27(41)24(5-2)35-31(45)47-19-22-13-8-6-9-14-22/h6-11,13-16,21,24-26H,4-5,12,17-20,33H2,1-3H3,(H,34,43)(H,35,45)(H,36,46)(H,37,41)(H,38,42)(H2,39,40,44). The van der Waals surface area contributed by atoms with Crippen LogP contribution in [0.2, 0.25) is 0 Å². The second-order valence-corrected chi connectivity index (χ2v) is 10.8. The number of nitrogens with one attached hydrogen (secondary N) is 7. The minimum absolute atomic E-state index is 0.00784. The second-order valence-electron chi connectivity index (χ2n) is 10.8. The summed E-state index contributed by atoms with van der Waals surface area (Å²) in [7, 11) is 0. The largest absolute Gasteiger partial charge is 0.445 e. The molecule has 2 aromatic carbocycles. The molecule has 0 fully saturated rings. The second kappa shape index (κ2) is 21.4. The molecule has 0 saturated carbocycles. The van der Waals surface area contributed by atoms with Gasteiger partial charge in [0.05, 0.1) is 0 Å². The van der Waals surface area contributed by atoms with E-state index in [-0.39, 0.29) is 38.5 Å². The van der Waals surface area contributed by atoms with E-state index in [2.05, 4.69) is 37.7 Å². The molecule has 0 aliphatic carbocycles. The molecular formula is C32H46N8O8. The van der Waals surface area contributed by atoms with Crippen LogP contribution in [0.1, 0.15) is 57.6 Å². The molecule has 16 nitrogen and oxygen atoms in total. The number of hydrazine groups is 2. The molecule has 4 unspecified atom stereocenters. The number of urea groups is 1. The molecule has 0 radical (unpaired) electrons. The maximum atomic E-state index is 13.3. The molecule has 262 valence electrons. The minimum atomic E-state index is -1.12. The number of ether oxygens (including phenoxy) is 2. The molecular weight excluding hydrogens is 624 g/mol. The topological polar surface area (TPSA) is 231 Å². The first-order valence-electron chi connectivity index (χ1n) is 15.7. The van der Waals surface area contributed by atoms with Gasteiger partial charge in [-0.1, -0.05) is 87.9 Å². The van der Waals surface area contributed by atoms with Crippen molar-refractivity contribution in [3.63, 3.8) is 0 Å². The molecule has 48 heavy (non-hydrogen) atoms. The third-order valence-electron chi connectivity index (χ3n) is 7.14. The highest BCUT2D eigenvalue weighted by atomic mass is 16.6. The Bertz CT molecular complexity index is 1330. The lowest BCUT2D eigenvalue weighted by Gasteiger charge is -2.26. The summed E-state index contributed by atoms with van der Waals surface area (Å²) in [6.45, 7) is 5.50. The monoisotopic (exact) mass is 670 g/mol. The van der Waals surface area contributed by atoms with Gasteiger partial charge in [0.25, 0.3) is 11.8 Å². The first-order valence-corrected chi connectivity index (χ1v) is 15.7. The molecule has 4 atom stereocenters. The highest BCUT2D eigenvalue weighted by Gasteiger charge is 2.30. The van der Waals surface area contributed by atoms with Crippen LogP contribution >= 0.6 is 0 Å². The predicted molar refractivity (Wildman–Crippen MR) is 175 cm³/mol. The van der Waals surface area contributed by atoms with E-state index >= 15 is 0 Å². The van der Waals surface area contributed by atoms with Gasteiger partial charge in [-0.2, -0.15) is 0 Å². The number of benzene rings is 2. The number of hydrogen-bond acceptors (Lipinski definition) is 9. The van der Waals surface area contributed by atoms with Crippen molar-refractivity contribution in [3.8, 4) is 0 Å². The van der Waals surface area contributed by atoms with Gasteiger partial charge in [0.2, 0.25) is 5.91 Å². The predicted octanol–water partition coefficient (Wildman–Crippen LogP) is 1.62. The zero-order valence-corrected chi connectivity index (χ0v) is 27.4. The Morgan fingerprint density at radius 2 is 1.15 bits per heavy atom. The number of carbonyl (C=O) groups excluding carboxylic acids is 6. The van der Waals surface area contributed by atoms with Crippen LogP contribution in [-0.4, -0.2) is 60.6 Å². The van der Waals surface area contributed by atoms with Crippen LogP contribution in [0.5, 0.6) is 0 Å². The highest BCUT2D eigenvalue weighted by Crippen LogP contribution is 2.10. The maximum absolute atomic E-state index is 13.3. The zero-order valence-electron chi connectivity index (χ0n) is 27.4. The van der Waals surface area contributed by atoms with E-state index in [1.54, 1.807) is 50.2 Å². The fraction of sp³-hybridized carbons (Fsp3) is 0.438. The summed E-state index contributed by atoms with van der Waals surface area (Å²) in [4.78, 5) is 75.6. The van der Waals surface area contributed by atoms with Crippen LogP contribution in [-0.2, 0) is 37.1 Å². The molecule has 0 aliphatic rings. The molecule has 0 spiro atoms. The van der Waals surface area contributed by atoms with Crippen molar-refractivity contribution in [2.45, 2.75) is 77.8 Å². The number of nitrogens with two attached hydrogens (primary N) is 1. The average molecular weight is 671 g/mol. The van der Waals surface area contributed by atoms with Crippen molar-refractivity contribution < 1.29 is 38.2 Å². The normalized spacial score (nSPS) is 12.9. The van der Waals surface area contributed by atoms with Crippen molar-refractivity contribution in [3.05, 3.63) is 71.8 Å². The summed E-state index contributed by atoms with van der Waals surface area (Å²) in [5.41, 5.74) is 15.6. The van der Waals surface area contributed by atoms with Crippen molar-refractivity contribution >= 4 is 35.9 Å². The van der Waals surface area contributed by atoms with E-state index in [9.17, 15) is 28.8 Å². The molecule has 0 heterocycles.